The first kappa shape index (κ1) is 15.5. The van der Waals surface area contributed by atoms with Crippen LogP contribution in [0.1, 0.15) is 40.8 Å². The van der Waals surface area contributed by atoms with Crippen LogP contribution >= 0.6 is 0 Å². The van der Waals surface area contributed by atoms with Crippen molar-refractivity contribution in [2.45, 2.75) is 25.7 Å². The molecule has 23 heavy (non-hydrogen) atoms. The van der Waals surface area contributed by atoms with Crippen molar-refractivity contribution in [1.82, 2.24) is 20.0 Å². The molecule has 1 aliphatic rings. The van der Waals surface area contributed by atoms with Crippen molar-refractivity contribution in [2.75, 3.05) is 32.1 Å². The topological polar surface area (TPSA) is 75.4 Å². The molecule has 0 aromatic carbocycles. The Morgan fingerprint density at radius 1 is 1.43 bits per heavy atom. The molecule has 7 nitrogen and oxygen atoms in total. The van der Waals surface area contributed by atoms with Gasteiger partial charge in [0.25, 0.3) is 5.91 Å². The fourth-order valence-corrected chi connectivity index (χ4v) is 2.82. The third-order valence-electron chi connectivity index (χ3n) is 4.05. The summed E-state index contributed by atoms with van der Waals surface area (Å²) >= 11 is 0. The summed E-state index contributed by atoms with van der Waals surface area (Å²) in [5.74, 6) is 2.18. The molecule has 1 atom stereocenters. The predicted octanol–water partition coefficient (Wildman–Crippen LogP) is 1.86. The molecule has 0 spiro atoms. The highest BCUT2D eigenvalue weighted by atomic mass is 16.5. The highest BCUT2D eigenvalue weighted by Gasteiger charge is 2.29. The van der Waals surface area contributed by atoms with E-state index in [0.29, 0.717) is 23.8 Å². The molecule has 2 aromatic rings. The van der Waals surface area contributed by atoms with Crippen LogP contribution in [-0.2, 0) is 0 Å². The number of carbonyl (C=O) groups is 1. The number of hydrogen-bond donors (Lipinski definition) is 0. The van der Waals surface area contributed by atoms with Crippen molar-refractivity contribution in [3.8, 4) is 0 Å². The lowest BCUT2D eigenvalue weighted by Gasteiger charge is -2.31. The number of piperidine rings is 1. The third kappa shape index (κ3) is 3.33. The zero-order chi connectivity index (χ0) is 16.4. The number of carbonyl (C=O) groups excluding carboxylic acids is 1. The van der Waals surface area contributed by atoms with Gasteiger partial charge in [0.05, 0.1) is 5.92 Å². The molecule has 0 aliphatic carbocycles. The van der Waals surface area contributed by atoms with Crippen LogP contribution < -0.4 is 4.90 Å². The molecule has 0 radical (unpaired) electrons. The second-order valence-corrected chi connectivity index (χ2v) is 6.07. The van der Waals surface area contributed by atoms with E-state index in [4.69, 9.17) is 4.52 Å². The molecule has 2 aromatic heterocycles. The van der Waals surface area contributed by atoms with Crippen LogP contribution in [0.2, 0.25) is 0 Å². The molecule has 122 valence electrons. The number of likely N-dealkylation sites (tertiary alicyclic amines) is 1. The highest BCUT2D eigenvalue weighted by Crippen LogP contribution is 2.26. The van der Waals surface area contributed by atoms with Gasteiger partial charge in [0.15, 0.2) is 5.82 Å². The van der Waals surface area contributed by atoms with Crippen molar-refractivity contribution in [1.29, 1.82) is 0 Å². The van der Waals surface area contributed by atoms with Gasteiger partial charge in [-0.2, -0.15) is 4.98 Å². The lowest BCUT2D eigenvalue weighted by Crippen LogP contribution is -2.39. The molecule has 0 saturated carbocycles. The number of pyridine rings is 1. The van der Waals surface area contributed by atoms with E-state index in [1.807, 2.05) is 30.0 Å². The number of aryl methyl sites for hydroxylation is 1. The molecule has 1 unspecified atom stereocenters. The van der Waals surface area contributed by atoms with E-state index in [-0.39, 0.29) is 11.8 Å². The Morgan fingerprint density at radius 2 is 2.26 bits per heavy atom. The van der Waals surface area contributed by atoms with Gasteiger partial charge in [0.2, 0.25) is 5.89 Å². The minimum atomic E-state index is 0.0245. The molecule has 3 rings (SSSR count). The van der Waals surface area contributed by atoms with Gasteiger partial charge in [-0.1, -0.05) is 5.16 Å². The van der Waals surface area contributed by atoms with E-state index in [9.17, 15) is 4.79 Å². The monoisotopic (exact) mass is 315 g/mol. The van der Waals surface area contributed by atoms with Crippen molar-refractivity contribution in [3.63, 3.8) is 0 Å². The van der Waals surface area contributed by atoms with E-state index in [0.717, 1.165) is 25.2 Å². The SMILES string of the molecule is Cc1noc(C2CCCN(C(=O)c3ccnc(N(C)C)c3)C2)n1. The summed E-state index contributed by atoms with van der Waals surface area (Å²) < 4.78 is 5.27. The largest absolute Gasteiger partial charge is 0.363 e. The molecule has 1 saturated heterocycles. The molecule has 1 amide bonds. The fraction of sp³-hybridized carbons (Fsp3) is 0.500. The first-order valence-corrected chi connectivity index (χ1v) is 7.77. The molecule has 0 N–H and O–H groups in total. The van der Waals surface area contributed by atoms with Gasteiger partial charge in [-0.3, -0.25) is 4.79 Å². The number of amides is 1. The van der Waals surface area contributed by atoms with Crippen LogP contribution in [0.15, 0.2) is 22.9 Å². The Balaban J connectivity index is 1.75. The van der Waals surface area contributed by atoms with E-state index in [1.165, 1.54) is 0 Å². The van der Waals surface area contributed by atoms with E-state index < -0.39 is 0 Å². The molecule has 3 heterocycles. The number of nitrogens with zero attached hydrogens (tertiary/aromatic N) is 5. The fourth-order valence-electron chi connectivity index (χ4n) is 2.82. The smallest absolute Gasteiger partial charge is 0.254 e. The van der Waals surface area contributed by atoms with Crippen LogP contribution in [0.4, 0.5) is 5.82 Å². The van der Waals surface area contributed by atoms with Crippen LogP contribution in [0.3, 0.4) is 0 Å². The zero-order valence-corrected chi connectivity index (χ0v) is 13.7. The summed E-state index contributed by atoms with van der Waals surface area (Å²) in [6.45, 7) is 3.17. The average molecular weight is 315 g/mol. The van der Waals surface area contributed by atoms with Crippen molar-refractivity contribution >= 4 is 11.7 Å². The Morgan fingerprint density at radius 3 is 2.96 bits per heavy atom. The second-order valence-electron chi connectivity index (χ2n) is 6.07. The average Bonchev–Trinajstić information content (AvgIpc) is 3.01. The standard InChI is InChI=1S/C16H21N5O2/c1-11-18-15(23-19-11)13-5-4-8-21(10-13)16(22)12-6-7-17-14(9-12)20(2)3/h6-7,9,13H,4-5,8,10H2,1-3H3. The van der Waals surface area contributed by atoms with E-state index in [1.54, 1.807) is 19.2 Å². The summed E-state index contributed by atoms with van der Waals surface area (Å²) in [5.41, 5.74) is 0.658. The molecule has 0 bridgehead atoms. The molecule has 1 aliphatic heterocycles. The second kappa shape index (κ2) is 6.36. The van der Waals surface area contributed by atoms with Crippen LogP contribution in [0, 0.1) is 6.92 Å². The van der Waals surface area contributed by atoms with Crippen molar-refractivity contribution < 1.29 is 9.32 Å². The molecule has 7 heteroatoms. The maximum absolute atomic E-state index is 12.8. The summed E-state index contributed by atoms with van der Waals surface area (Å²) in [6.07, 6.45) is 3.57. The van der Waals surface area contributed by atoms with Crippen molar-refractivity contribution in [2.24, 2.45) is 0 Å². The summed E-state index contributed by atoms with van der Waals surface area (Å²) in [4.78, 5) is 25.1. The predicted molar refractivity (Wildman–Crippen MR) is 85.5 cm³/mol. The van der Waals surface area contributed by atoms with E-state index >= 15 is 0 Å². The Kier molecular flexibility index (Phi) is 4.27. The Bertz CT molecular complexity index is 697. The first-order chi connectivity index (χ1) is 11.0. The number of hydrogen-bond acceptors (Lipinski definition) is 6. The minimum absolute atomic E-state index is 0.0245. The van der Waals surface area contributed by atoms with Crippen LogP contribution in [-0.4, -0.2) is 53.1 Å². The Hall–Kier alpha value is -2.44. The van der Waals surface area contributed by atoms with Gasteiger partial charge in [-0.25, -0.2) is 4.98 Å². The van der Waals surface area contributed by atoms with Gasteiger partial charge >= 0.3 is 0 Å². The Labute approximate surface area is 135 Å². The van der Waals surface area contributed by atoms with Gasteiger partial charge in [-0.05, 0) is 31.9 Å². The maximum Gasteiger partial charge on any atom is 0.254 e. The molecular formula is C16H21N5O2. The van der Waals surface area contributed by atoms with Crippen LogP contribution in [0.5, 0.6) is 0 Å². The number of anilines is 1. The minimum Gasteiger partial charge on any atom is -0.363 e. The maximum atomic E-state index is 12.8. The zero-order valence-electron chi connectivity index (χ0n) is 13.7. The third-order valence-corrected chi connectivity index (χ3v) is 4.05. The van der Waals surface area contributed by atoms with Gasteiger partial charge < -0.3 is 14.3 Å². The van der Waals surface area contributed by atoms with Gasteiger partial charge in [0.1, 0.15) is 5.82 Å². The molecule has 1 fully saturated rings. The summed E-state index contributed by atoms with van der Waals surface area (Å²) in [5, 5.41) is 3.85. The number of aromatic nitrogens is 3. The summed E-state index contributed by atoms with van der Waals surface area (Å²) in [6, 6.07) is 3.58. The molecular weight excluding hydrogens is 294 g/mol. The van der Waals surface area contributed by atoms with Gasteiger partial charge in [0, 0.05) is 38.9 Å². The van der Waals surface area contributed by atoms with E-state index in [2.05, 4.69) is 15.1 Å². The summed E-state index contributed by atoms with van der Waals surface area (Å²) in [7, 11) is 3.82. The van der Waals surface area contributed by atoms with Gasteiger partial charge in [-0.15, -0.1) is 0 Å². The lowest BCUT2D eigenvalue weighted by molar-refractivity contribution is 0.0695. The lowest BCUT2D eigenvalue weighted by atomic mass is 9.97. The van der Waals surface area contributed by atoms with Crippen molar-refractivity contribution in [3.05, 3.63) is 35.6 Å². The quantitative estimate of drug-likeness (QED) is 0.860. The number of rotatable bonds is 3. The first-order valence-electron chi connectivity index (χ1n) is 7.77. The van der Waals surface area contributed by atoms with Crippen LogP contribution in [0.25, 0.3) is 0 Å². The highest BCUT2D eigenvalue weighted by molar-refractivity contribution is 5.95. The normalized spacial score (nSPS) is 18.0.